The Morgan fingerprint density at radius 2 is 1.50 bits per heavy atom. The monoisotopic (exact) mass is 276 g/mol. The van der Waals surface area contributed by atoms with E-state index in [1.807, 2.05) is 0 Å². The first-order valence-corrected chi connectivity index (χ1v) is 8.07. The first-order valence-electron chi connectivity index (χ1n) is 8.07. The number of hydrogen-bond donors (Lipinski definition) is 1. The summed E-state index contributed by atoms with van der Waals surface area (Å²) in [6.45, 7) is 8.83. The predicted molar refractivity (Wildman–Crippen MR) is 89.1 cm³/mol. The molecule has 1 aromatic rings. The van der Waals surface area contributed by atoms with Crippen LogP contribution in [0.1, 0.15) is 44.7 Å². The Labute approximate surface area is 125 Å². The highest BCUT2D eigenvalue weighted by molar-refractivity contribution is 5.22. The molecule has 114 valence electrons. The van der Waals surface area contributed by atoms with Crippen LogP contribution in [0.5, 0.6) is 0 Å². The second-order valence-corrected chi connectivity index (χ2v) is 5.91. The minimum Gasteiger partial charge on any atom is -0.311 e. The molecule has 0 amide bonds. The maximum atomic E-state index is 3.63. The summed E-state index contributed by atoms with van der Waals surface area (Å²) in [4.78, 5) is 2.37. The van der Waals surface area contributed by atoms with Gasteiger partial charge in [-0.05, 0) is 37.6 Å². The fourth-order valence-corrected chi connectivity index (χ4v) is 2.86. The predicted octanol–water partition coefficient (Wildman–Crippen LogP) is 3.71. The number of hydrogen-bond acceptors (Lipinski definition) is 2. The molecular formula is C18H32N2. The van der Waals surface area contributed by atoms with Crippen molar-refractivity contribution in [2.45, 2.75) is 52.6 Å². The molecule has 0 aliphatic heterocycles. The van der Waals surface area contributed by atoms with E-state index in [2.05, 4.69) is 69.3 Å². The van der Waals surface area contributed by atoms with Crippen molar-refractivity contribution in [2.24, 2.45) is 5.92 Å². The summed E-state index contributed by atoms with van der Waals surface area (Å²) in [5.74, 6) is 0.778. The van der Waals surface area contributed by atoms with E-state index in [9.17, 15) is 0 Å². The van der Waals surface area contributed by atoms with Crippen LogP contribution in [0.2, 0.25) is 0 Å². The molecule has 0 aliphatic carbocycles. The van der Waals surface area contributed by atoms with Gasteiger partial charge in [-0.3, -0.25) is 0 Å². The van der Waals surface area contributed by atoms with Crippen molar-refractivity contribution in [3.63, 3.8) is 0 Å². The van der Waals surface area contributed by atoms with Gasteiger partial charge in [0.25, 0.3) is 0 Å². The van der Waals surface area contributed by atoms with Gasteiger partial charge < -0.3 is 10.2 Å². The van der Waals surface area contributed by atoms with Gasteiger partial charge >= 0.3 is 0 Å². The van der Waals surface area contributed by atoms with Gasteiger partial charge in [-0.15, -0.1) is 0 Å². The maximum Gasteiger partial charge on any atom is 0.0242 e. The quantitative estimate of drug-likeness (QED) is 0.740. The van der Waals surface area contributed by atoms with E-state index >= 15 is 0 Å². The highest BCUT2D eigenvalue weighted by Crippen LogP contribution is 2.16. The van der Waals surface area contributed by atoms with Crippen molar-refractivity contribution in [1.82, 2.24) is 10.2 Å². The Morgan fingerprint density at radius 1 is 0.950 bits per heavy atom. The van der Waals surface area contributed by atoms with E-state index in [-0.39, 0.29) is 0 Å². The third-order valence-electron chi connectivity index (χ3n) is 4.37. The molecule has 1 unspecified atom stereocenters. The summed E-state index contributed by atoms with van der Waals surface area (Å²) < 4.78 is 0. The Bertz CT molecular complexity index is 352. The Morgan fingerprint density at radius 3 is 1.95 bits per heavy atom. The van der Waals surface area contributed by atoms with Crippen LogP contribution in [-0.4, -0.2) is 31.6 Å². The van der Waals surface area contributed by atoms with E-state index in [1.54, 1.807) is 0 Å². The molecule has 0 fully saturated rings. The summed E-state index contributed by atoms with van der Waals surface area (Å²) in [6.07, 6.45) is 3.63. The highest BCUT2D eigenvalue weighted by Gasteiger charge is 2.19. The molecule has 0 radical (unpaired) electrons. The second kappa shape index (κ2) is 9.15. The molecule has 0 saturated heterocycles. The van der Waals surface area contributed by atoms with Crippen molar-refractivity contribution >= 4 is 0 Å². The molecule has 0 aromatic heterocycles. The van der Waals surface area contributed by atoms with Gasteiger partial charge in [0.05, 0.1) is 0 Å². The van der Waals surface area contributed by atoms with Crippen molar-refractivity contribution < 1.29 is 0 Å². The van der Waals surface area contributed by atoms with Crippen molar-refractivity contribution in [1.29, 1.82) is 0 Å². The lowest BCUT2D eigenvalue weighted by Crippen LogP contribution is -2.42. The van der Waals surface area contributed by atoms with Gasteiger partial charge in [-0.25, -0.2) is 0 Å². The molecule has 20 heavy (non-hydrogen) atoms. The van der Waals surface area contributed by atoms with Gasteiger partial charge in [0.1, 0.15) is 0 Å². The number of rotatable bonds is 9. The van der Waals surface area contributed by atoms with Crippen LogP contribution in [0.15, 0.2) is 24.3 Å². The molecule has 1 rings (SSSR count). The van der Waals surface area contributed by atoms with E-state index in [0.29, 0.717) is 6.04 Å². The van der Waals surface area contributed by atoms with Crippen molar-refractivity contribution in [3.05, 3.63) is 35.4 Å². The zero-order valence-corrected chi connectivity index (χ0v) is 13.9. The van der Waals surface area contributed by atoms with Gasteiger partial charge in [0, 0.05) is 19.1 Å². The molecule has 1 N–H and O–H groups in total. The Kier molecular flexibility index (Phi) is 7.86. The van der Waals surface area contributed by atoms with Crippen molar-refractivity contribution in [3.8, 4) is 0 Å². The third kappa shape index (κ3) is 5.26. The number of aryl methyl sites for hydroxylation is 1. The van der Waals surface area contributed by atoms with Crippen LogP contribution >= 0.6 is 0 Å². The Balaban J connectivity index is 2.47. The topological polar surface area (TPSA) is 15.3 Å². The normalized spacial score (nSPS) is 13.2. The fraction of sp³-hybridized carbons (Fsp3) is 0.667. The summed E-state index contributed by atoms with van der Waals surface area (Å²) >= 11 is 0. The minimum absolute atomic E-state index is 0.625. The highest BCUT2D eigenvalue weighted by atomic mass is 15.1. The number of benzene rings is 1. The van der Waals surface area contributed by atoms with Crippen LogP contribution in [-0.2, 0) is 13.0 Å². The molecule has 0 saturated carbocycles. The number of likely N-dealkylation sites (N-methyl/N-ethyl adjacent to an activating group) is 1. The molecule has 1 aromatic carbocycles. The molecule has 0 bridgehead atoms. The fourth-order valence-electron chi connectivity index (χ4n) is 2.86. The molecule has 0 aliphatic rings. The average molecular weight is 276 g/mol. The molecular weight excluding hydrogens is 244 g/mol. The summed E-state index contributed by atoms with van der Waals surface area (Å²) in [7, 11) is 4.39. The summed E-state index contributed by atoms with van der Waals surface area (Å²) in [5, 5.41) is 3.63. The van der Waals surface area contributed by atoms with Crippen LogP contribution in [0.4, 0.5) is 0 Å². The van der Waals surface area contributed by atoms with E-state index in [1.165, 1.54) is 24.0 Å². The molecule has 1 atom stereocenters. The number of nitrogens with one attached hydrogen (secondary N) is 1. The lowest BCUT2D eigenvalue weighted by atomic mass is 9.93. The average Bonchev–Trinajstić information content (AvgIpc) is 2.47. The minimum atomic E-state index is 0.625. The van der Waals surface area contributed by atoms with Crippen LogP contribution in [0.25, 0.3) is 0 Å². The van der Waals surface area contributed by atoms with Gasteiger partial charge in [-0.1, -0.05) is 57.9 Å². The van der Waals surface area contributed by atoms with Gasteiger partial charge in [0.15, 0.2) is 0 Å². The molecule has 2 nitrogen and oxygen atoms in total. The van der Waals surface area contributed by atoms with Crippen LogP contribution < -0.4 is 5.32 Å². The van der Waals surface area contributed by atoms with E-state index < -0.39 is 0 Å². The lowest BCUT2D eigenvalue weighted by Gasteiger charge is -2.31. The largest absolute Gasteiger partial charge is 0.311 e. The Hall–Kier alpha value is -0.860. The SMILES string of the molecule is CCc1ccc(CNCC(C(CC)CC)N(C)C)cc1. The molecule has 2 heteroatoms. The van der Waals surface area contributed by atoms with Gasteiger partial charge in [0.2, 0.25) is 0 Å². The van der Waals surface area contributed by atoms with Crippen LogP contribution in [0, 0.1) is 5.92 Å². The van der Waals surface area contributed by atoms with E-state index in [4.69, 9.17) is 0 Å². The smallest absolute Gasteiger partial charge is 0.0242 e. The molecule has 0 heterocycles. The first-order chi connectivity index (χ1) is 9.62. The summed E-state index contributed by atoms with van der Waals surface area (Å²) in [5.41, 5.74) is 2.79. The zero-order valence-electron chi connectivity index (χ0n) is 13.9. The number of nitrogens with zero attached hydrogens (tertiary/aromatic N) is 1. The molecule has 0 spiro atoms. The van der Waals surface area contributed by atoms with E-state index in [0.717, 1.165) is 25.4 Å². The second-order valence-electron chi connectivity index (χ2n) is 5.91. The van der Waals surface area contributed by atoms with Crippen molar-refractivity contribution in [2.75, 3.05) is 20.6 Å². The first kappa shape index (κ1) is 17.2. The van der Waals surface area contributed by atoms with Crippen LogP contribution in [0.3, 0.4) is 0 Å². The zero-order chi connectivity index (χ0) is 15.0. The standard InChI is InChI=1S/C18H32N2/c1-6-15-9-11-16(12-10-15)13-19-14-18(20(4)5)17(7-2)8-3/h9-12,17-19H,6-8,13-14H2,1-5H3. The third-order valence-corrected chi connectivity index (χ3v) is 4.37. The maximum absolute atomic E-state index is 3.63. The van der Waals surface area contributed by atoms with Gasteiger partial charge in [-0.2, -0.15) is 0 Å². The lowest BCUT2D eigenvalue weighted by molar-refractivity contribution is 0.194. The summed E-state index contributed by atoms with van der Waals surface area (Å²) in [6, 6.07) is 9.59.